The van der Waals surface area contributed by atoms with E-state index in [0.717, 1.165) is 16.5 Å². The normalized spacial score (nSPS) is 16.5. The van der Waals surface area contributed by atoms with Crippen LogP contribution in [0.15, 0.2) is 35.1 Å². The number of carbonyl (C=O) groups is 1. The Labute approximate surface area is 278 Å². The van der Waals surface area contributed by atoms with E-state index in [4.69, 9.17) is 48.0 Å². The summed E-state index contributed by atoms with van der Waals surface area (Å²) >= 11 is 0. The number of carbonyl (C=O) groups excluding carboxylic acids is 1. The van der Waals surface area contributed by atoms with Crippen molar-refractivity contribution in [2.45, 2.75) is 32.1 Å². The third kappa shape index (κ3) is 8.76. The molecule has 3 aromatic rings. The molecule has 2 aromatic heterocycles. The molecular weight excluding hydrogens is 628 g/mol. The molecule has 5 rings (SSSR count). The van der Waals surface area contributed by atoms with Crippen LogP contribution in [-0.2, 0) is 56.7 Å². The fourth-order valence-electron chi connectivity index (χ4n) is 5.54. The molecule has 0 bridgehead atoms. The van der Waals surface area contributed by atoms with Gasteiger partial charge < -0.3 is 52.7 Å². The molecule has 1 atom stereocenters. The quantitative estimate of drug-likeness (QED) is 0.0913. The zero-order valence-corrected chi connectivity index (χ0v) is 27.3. The molecule has 0 aliphatic carbocycles. The Morgan fingerprint density at radius 1 is 0.812 bits per heavy atom. The second-order valence-corrected chi connectivity index (χ2v) is 11.2. The summed E-state index contributed by atoms with van der Waals surface area (Å²) in [5.74, 6) is -0.0662. The van der Waals surface area contributed by atoms with Crippen molar-refractivity contribution in [3.63, 3.8) is 0 Å². The Kier molecular flexibility index (Phi) is 13.3. The van der Waals surface area contributed by atoms with Crippen LogP contribution in [0.25, 0.3) is 22.3 Å². The largest absolute Gasteiger partial charge is 0.491 e. The number of aromatic nitrogens is 2. The molecule has 0 spiro atoms. The van der Waals surface area contributed by atoms with Crippen LogP contribution in [0.4, 0.5) is 0 Å². The monoisotopic (exact) mass is 672 g/mol. The second-order valence-electron chi connectivity index (χ2n) is 11.2. The molecule has 14 nitrogen and oxygen atoms in total. The number of hydrogen-bond acceptors (Lipinski definition) is 13. The SMILES string of the molecule is CC[C@@]1(O)C(=O)OCc2c1cc1n(c2=O)Cc2cc3cc(OCCOCCOCCOCCOCCOCCOCCO)ccc3nc2-1. The lowest BCUT2D eigenvalue weighted by Crippen LogP contribution is -2.44. The van der Waals surface area contributed by atoms with Gasteiger partial charge >= 0.3 is 5.97 Å². The van der Waals surface area contributed by atoms with Gasteiger partial charge in [0.15, 0.2) is 5.60 Å². The Balaban J connectivity index is 0.971. The first-order valence-electron chi connectivity index (χ1n) is 16.3. The van der Waals surface area contributed by atoms with E-state index < -0.39 is 11.6 Å². The number of hydrogen-bond donors (Lipinski definition) is 2. The number of rotatable bonds is 22. The molecule has 2 N–H and O–H groups in total. The van der Waals surface area contributed by atoms with Crippen molar-refractivity contribution in [3.8, 4) is 17.1 Å². The van der Waals surface area contributed by atoms with E-state index in [2.05, 4.69) is 0 Å². The van der Waals surface area contributed by atoms with E-state index in [-0.39, 0.29) is 25.2 Å². The predicted molar refractivity (Wildman–Crippen MR) is 172 cm³/mol. The van der Waals surface area contributed by atoms with Gasteiger partial charge in [-0.2, -0.15) is 0 Å². The number of nitrogens with zero attached hydrogens (tertiary/aromatic N) is 2. The molecule has 0 radical (unpaired) electrons. The number of fused-ring (bicyclic) bond motifs is 5. The summed E-state index contributed by atoms with van der Waals surface area (Å²) < 4.78 is 45.1. The molecule has 48 heavy (non-hydrogen) atoms. The standard InChI is InChI=1S/C34H44N2O12/c1-2-34(40)28-21-30-31-25(22-36(30)32(38)27(28)23-48-33(34)39)19-24-20-26(3-4-29(24)35-31)47-18-17-46-16-15-45-14-13-44-12-11-43-10-9-42-8-7-41-6-5-37/h3-4,19-21,37,40H,2,5-18,22-23H2,1H3/t34-/m0/s1. The number of cyclic esters (lactones) is 1. The lowest BCUT2D eigenvalue weighted by atomic mass is 9.86. The molecule has 0 saturated heterocycles. The minimum Gasteiger partial charge on any atom is -0.491 e. The first-order chi connectivity index (χ1) is 23.5. The fraction of sp³-hybridized carbons (Fsp3) is 0.559. The van der Waals surface area contributed by atoms with E-state index in [1.54, 1.807) is 17.6 Å². The smallest absolute Gasteiger partial charge is 0.343 e. The third-order valence-corrected chi connectivity index (χ3v) is 8.07. The van der Waals surface area contributed by atoms with Gasteiger partial charge in [-0.05, 0) is 36.8 Å². The number of aliphatic hydroxyl groups excluding tert-OH is 1. The molecular formula is C34H44N2O12. The zero-order valence-electron chi connectivity index (χ0n) is 27.3. The van der Waals surface area contributed by atoms with Crippen LogP contribution in [-0.4, -0.2) is 118 Å². The van der Waals surface area contributed by atoms with Gasteiger partial charge in [-0.15, -0.1) is 0 Å². The Morgan fingerprint density at radius 3 is 1.98 bits per heavy atom. The second kappa shape index (κ2) is 17.8. The summed E-state index contributed by atoms with van der Waals surface area (Å²) in [6, 6.07) is 9.30. The Bertz CT molecular complexity index is 1580. The molecule has 262 valence electrons. The van der Waals surface area contributed by atoms with Crippen molar-refractivity contribution in [2.75, 3.05) is 92.5 Å². The molecule has 1 aromatic carbocycles. The van der Waals surface area contributed by atoms with Gasteiger partial charge in [0, 0.05) is 16.5 Å². The average Bonchev–Trinajstić information content (AvgIpc) is 3.45. The molecule has 0 amide bonds. The molecule has 0 saturated carbocycles. The zero-order chi connectivity index (χ0) is 33.8. The fourth-order valence-corrected chi connectivity index (χ4v) is 5.54. The van der Waals surface area contributed by atoms with Crippen LogP contribution >= 0.6 is 0 Å². The molecule has 2 aliphatic rings. The maximum Gasteiger partial charge on any atom is 0.343 e. The van der Waals surface area contributed by atoms with Crippen LogP contribution in [0.5, 0.6) is 5.75 Å². The van der Waals surface area contributed by atoms with E-state index >= 15 is 0 Å². The molecule has 0 unspecified atom stereocenters. The van der Waals surface area contributed by atoms with E-state index in [9.17, 15) is 14.7 Å². The first kappa shape index (κ1) is 35.8. The van der Waals surface area contributed by atoms with Crippen molar-refractivity contribution in [1.29, 1.82) is 0 Å². The lowest BCUT2D eigenvalue weighted by Gasteiger charge is -2.31. The van der Waals surface area contributed by atoms with Crippen molar-refractivity contribution >= 4 is 16.9 Å². The van der Waals surface area contributed by atoms with Crippen LogP contribution in [0, 0.1) is 0 Å². The third-order valence-electron chi connectivity index (χ3n) is 8.07. The minimum atomic E-state index is -1.85. The predicted octanol–water partition coefficient (Wildman–Crippen LogP) is 1.55. The van der Waals surface area contributed by atoms with Crippen LogP contribution in [0.3, 0.4) is 0 Å². The highest BCUT2D eigenvalue weighted by molar-refractivity contribution is 5.87. The molecule has 0 fully saturated rings. The highest BCUT2D eigenvalue weighted by atomic mass is 16.6. The van der Waals surface area contributed by atoms with Gasteiger partial charge in [0.1, 0.15) is 19.0 Å². The first-order valence-corrected chi connectivity index (χ1v) is 16.3. The van der Waals surface area contributed by atoms with Crippen molar-refractivity contribution in [2.24, 2.45) is 0 Å². The summed E-state index contributed by atoms with van der Waals surface area (Å²) in [7, 11) is 0. The number of benzene rings is 1. The van der Waals surface area contributed by atoms with Crippen molar-refractivity contribution in [1.82, 2.24) is 9.55 Å². The van der Waals surface area contributed by atoms with Crippen LogP contribution in [0.2, 0.25) is 0 Å². The van der Waals surface area contributed by atoms with Gasteiger partial charge in [0.2, 0.25) is 0 Å². The Hall–Kier alpha value is -3.47. The van der Waals surface area contributed by atoms with Gasteiger partial charge in [-0.3, -0.25) is 4.79 Å². The number of ether oxygens (including phenoxy) is 8. The highest BCUT2D eigenvalue weighted by Gasteiger charge is 2.45. The molecule has 4 heterocycles. The summed E-state index contributed by atoms with van der Waals surface area (Å²) in [6.07, 6.45) is 0.0953. The van der Waals surface area contributed by atoms with Gasteiger partial charge in [0.25, 0.3) is 5.56 Å². The lowest BCUT2D eigenvalue weighted by molar-refractivity contribution is -0.172. The van der Waals surface area contributed by atoms with Gasteiger partial charge in [0.05, 0.1) is 115 Å². The van der Waals surface area contributed by atoms with Crippen molar-refractivity contribution in [3.05, 3.63) is 57.4 Å². The highest BCUT2D eigenvalue weighted by Crippen LogP contribution is 2.38. The summed E-state index contributed by atoms with van der Waals surface area (Å²) in [5, 5.41) is 20.5. The topological polar surface area (TPSA) is 166 Å². The van der Waals surface area contributed by atoms with Crippen LogP contribution in [0.1, 0.15) is 30.0 Å². The average molecular weight is 673 g/mol. The van der Waals surface area contributed by atoms with E-state index in [1.165, 1.54) is 0 Å². The summed E-state index contributed by atoms with van der Waals surface area (Å²) in [6.45, 7) is 7.60. The summed E-state index contributed by atoms with van der Waals surface area (Å²) in [5.41, 5.74) is 1.29. The Morgan fingerprint density at radius 2 is 1.40 bits per heavy atom. The summed E-state index contributed by atoms with van der Waals surface area (Å²) in [4.78, 5) is 30.6. The van der Waals surface area contributed by atoms with E-state index in [0.29, 0.717) is 121 Å². The van der Waals surface area contributed by atoms with Gasteiger partial charge in [-0.1, -0.05) is 6.92 Å². The maximum absolute atomic E-state index is 13.4. The maximum atomic E-state index is 13.4. The molecule has 14 heteroatoms. The number of esters is 1. The van der Waals surface area contributed by atoms with Gasteiger partial charge in [-0.25, -0.2) is 9.78 Å². The minimum absolute atomic E-state index is 0.0120. The van der Waals surface area contributed by atoms with E-state index in [1.807, 2.05) is 24.3 Å². The number of pyridine rings is 2. The van der Waals surface area contributed by atoms with Crippen LogP contribution < -0.4 is 10.3 Å². The number of aliphatic hydroxyl groups is 2. The molecule has 2 aliphatic heterocycles. The van der Waals surface area contributed by atoms with Crippen molar-refractivity contribution < 1.29 is 52.9 Å².